The number of benzene rings is 8. The van der Waals surface area contributed by atoms with Gasteiger partial charge in [0, 0.05) is 64.6 Å². The predicted octanol–water partition coefficient (Wildman–Crippen LogP) is 13.5. The number of nitrogens with two attached hydrogens (primary N) is 1. The van der Waals surface area contributed by atoms with Crippen molar-refractivity contribution < 1.29 is 4.42 Å². The number of hydrogen-bond donors (Lipinski definition) is 2. The monoisotopic (exact) mass is 766 g/mol. The summed E-state index contributed by atoms with van der Waals surface area (Å²) in [6.07, 6.45) is -0.321. The fourth-order valence-corrected chi connectivity index (χ4v) is 9.89. The fraction of sp³-hybridized carbons (Fsp3) is 0.0577. The van der Waals surface area contributed by atoms with E-state index in [0.29, 0.717) is 5.84 Å². The highest BCUT2D eigenvalue weighted by atomic mass is 32.1. The topological polar surface area (TPSA) is 68.5 Å². The molecule has 11 aromatic rings. The zero-order valence-electron chi connectivity index (χ0n) is 31.8. The number of para-hydroxylation sites is 2. The van der Waals surface area contributed by atoms with E-state index in [1.807, 2.05) is 59.9 Å². The second-order valence-electron chi connectivity index (χ2n) is 15.0. The van der Waals surface area contributed by atoms with Crippen LogP contribution in [0.2, 0.25) is 0 Å². The van der Waals surface area contributed by atoms with Gasteiger partial charge < -0.3 is 14.7 Å². The number of aromatic nitrogens is 1. The highest BCUT2D eigenvalue weighted by Gasteiger charge is 2.20. The van der Waals surface area contributed by atoms with E-state index in [-0.39, 0.29) is 12.2 Å². The molecule has 8 aromatic carbocycles. The smallest absolute Gasteiger partial charge is 0.136 e. The number of aliphatic imine (C=N–C) groups is 1. The van der Waals surface area contributed by atoms with Gasteiger partial charge in [-0.1, -0.05) is 133 Å². The Morgan fingerprint density at radius 1 is 0.586 bits per heavy atom. The van der Waals surface area contributed by atoms with Gasteiger partial charge in [0.15, 0.2) is 0 Å². The average Bonchev–Trinajstić information content (AvgIpc) is 3.96. The van der Waals surface area contributed by atoms with Crippen molar-refractivity contribution in [2.24, 2.45) is 10.7 Å². The summed E-state index contributed by atoms with van der Waals surface area (Å²) in [4.78, 5) is 4.99. The van der Waals surface area contributed by atoms with Crippen molar-refractivity contribution in [1.82, 2.24) is 9.88 Å². The van der Waals surface area contributed by atoms with Crippen molar-refractivity contribution in [2.45, 2.75) is 19.1 Å². The van der Waals surface area contributed by atoms with Gasteiger partial charge in [-0.3, -0.25) is 5.32 Å². The summed E-state index contributed by atoms with van der Waals surface area (Å²) in [6.45, 7) is 2.20. The number of amidine groups is 1. The Labute approximate surface area is 339 Å². The average molecular weight is 767 g/mol. The van der Waals surface area contributed by atoms with Crippen LogP contribution in [0.1, 0.15) is 35.8 Å². The van der Waals surface area contributed by atoms with E-state index in [4.69, 9.17) is 15.1 Å². The molecule has 0 aliphatic rings. The van der Waals surface area contributed by atoms with E-state index in [1.54, 1.807) is 0 Å². The molecule has 6 heteroatoms. The molecule has 0 aliphatic carbocycles. The Morgan fingerprint density at radius 2 is 1.26 bits per heavy atom. The van der Waals surface area contributed by atoms with Crippen LogP contribution in [0.15, 0.2) is 191 Å². The first-order chi connectivity index (χ1) is 28.6. The van der Waals surface area contributed by atoms with E-state index in [2.05, 4.69) is 150 Å². The molecule has 58 heavy (non-hydrogen) atoms. The molecule has 278 valence electrons. The molecule has 3 N–H and O–H groups in total. The summed E-state index contributed by atoms with van der Waals surface area (Å²) in [5.74, 6) is 0.504. The van der Waals surface area contributed by atoms with Crippen molar-refractivity contribution in [1.29, 1.82) is 0 Å². The minimum Gasteiger partial charge on any atom is -0.456 e. The lowest BCUT2D eigenvalue weighted by molar-refractivity contribution is 0.481. The molecule has 0 radical (unpaired) electrons. The third kappa shape index (κ3) is 5.68. The normalized spacial score (nSPS) is 13.4. The zero-order valence-corrected chi connectivity index (χ0v) is 32.6. The van der Waals surface area contributed by atoms with Crippen LogP contribution in [0.4, 0.5) is 0 Å². The lowest BCUT2D eigenvalue weighted by Crippen LogP contribution is -2.26. The van der Waals surface area contributed by atoms with Gasteiger partial charge >= 0.3 is 0 Å². The molecule has 0 spiro atoms. The van der Waals surface area contributed by atoms with Crippen LogP contribution >= 0.6 is 11.3 Å². The van der Waals surface area contributed by atoms with Crippen molar-refractivity contribution in [3.05, 3.63) is 199 Å². The van der Waals surface area contributed by atoms with E-state index < -0.39 is 0 Å². The molecule has 5 nitrogen and oxygen atoms in total. The molecule has 3 aromatic heterocycles. The number of furan rings is 1. The first kappa shape index (κ1) is 34.3. The minimum absolute atomic E-state index is 0.00478. The summed E-state index contributed by atoms with van der Waals surface area (Å²) in [6, 6.07) is 64.1. The van der Waals surface area contributed by atoms with Gasteiger partial charge in [-0.25, -0.2) is 4.99 Å². The SMILES string of the molecule is CC(NC(N=C(N)c1ccccc1)c1ccccc1)c1ccc2sc3c(-c4cccc5oc6ccc(-n7c8ccccc8c8ccccc87)cc6c45)cccc3c2c1. The van der Waals surface area contributed by atoms with Crippen molar-refractivity contribution in [3.8, 4) is 16.8 Å². The Kier molecular flexibility index (Phi) is 8.21. The molecule has 0 bridgehead atoms. The summed E-state index contributed by atoms with van der Waals surface area (Å²) < 4.78 is 11.4. The van der Waals surface area contributed by atoms with E-state index in [9.17, 15) is 0 Å². The Bertz CT molecular complexity index is 3310. The largest absolute Gasteiger partial charge is 0.456 e. The second kappa shape index (κ2) is 13.9. The molecular formula is C52H38N4OS. The van der Waals surface area contributed by atoms with Gasteiger partial charge in [-0.05, 0) is 72.1 Å². The lowest BCUT2D eigenvalue weighted by Gasteiger charge is -2.22. The quantitative estimate of drug-likeness (QED) is 0.120. The molecule has 0 amide bonds. The number of nitrogens with one attached hydrogen (secondary N) is 1. The number of thiophene rings is 1. The molecular weight excluding hydrogens is 729 g/mol. The van der Waals surface area contributed by atoms with Crippen LogP contribution in [-0.2, 0) is 0 Å². The fourth-order valence-electron chi connectivity index (χ4n) is 8.68. The predicted molar refractivity (Wildman–Crippen MR) is 244 cm³/mol. The van der Waals surface area contributed by atoms with Gasteiger partial charge in [0.1, 0.15) is 23.2 Å². The van der Waals surface area contributed by atoms with Gasteiger partial charge in [0.2, 0.25) is 0 Å². The Hall–Kier alpha value is -6.99. The highest BCUT2D eigenvalue weighted by molar-refractivity contribution is 7.26. The standard InChI is InChI=1S/C52H38N4OS/c1-32(54-52(34-16-6-3-7-17-34)55-51(53)33-14-4-2-5-15-33)35-26-29-48-42(30-35)41-22-12-21-40(50(41)58-48)39-20-13-25-47-49(39)43-31-36(27-28-46(43)57-47)56-44-23-10-8-18-37(44)38-19-9-11-24-45(38)56/h2-32,52,54H,1H3,(H2,53,55). The van der Waals surface area contributed by atoms with E-state index >= 15 is 0 Å². The van der Waals surface area contributed by atoms with Crippen LogP contribution in [0.25, 0.3) is 80.7 Å². The van der Waals surface area contributed by atoms with Gasteiger partial charge in [0.05, 0.1) is 11.0 Å². The molecule has 2 atom stereocenters. The first-order valence-corrected chi connectivity index (χ1v) is 20.5. The van der Waals surface area contributed by atoms with Crippen LogP contribution in [-0.4, -0.2) is 10.4 Å². The number of fused-ring (bicyclic) bond motifs is 9. The van der Waals surface area contributed by atoms with E-state index in [1.165, 1.54) is 58.7 Å². The maximum Gasteiger partial charge on any atom is 0.136 e. The summed E-state index contributed by atoms with van der Waals surface area (Å²) in [7, 11) is 0. The van der Waals surface area contributed by atoms with Gasteiger partial charge in [0.25, 0.3) is 0 Å². The Balaban J connectivity index is 1.00. The molecule has 0 aliphatic heterocycles. The van der Waals surface area contributed by atoms with Crippen LogP contribution in [0.5, 0.6) is 0 Å². The molecule has 2 unspecified atom stereocenters. The molecule has 3 heterocycles. The molecule has 0 saturated carbocycles. The summed E-state index contributed by atoms with van der Waals surface area (Å²) in [5, 5.41) is 11.0. The summed E-state index contributed by atoms with van der Waals surface area (Å²) >= 11 is 1.85. The van der Waals surface area contributed by atoms with Crippen LogP contribution in [0.3, 0.4) is 0 Å². The maximum atomic E-state index is 6.56. The Morgan fingerprint density at radius 3 is 2.03 bits per heavy atom. The molecule has 0 fully saturated rings. The lowest BCUT2D eigenvalue weighted by atomic mass is 9.97. The molecule has 11 rings (SSSR count). The maximum absolute atomic E-state index is 6.56. The van der Waals surface area contributed by atoms with Crippen LogP contribution < -0.4 is 11.1 Å². The van der Waals surface area contributed by atoms with Crippen molar-refractivity contribution in [3.63, 3.8) is 0 Å². The minimum atomic E-state index is -0.321. The number of rotatable bonds is 8. The van der Waals surface area contributed by atoms with Gasteiger partial charge in [-0.2, -0.15) is 0 Å². The highest BCUT2D eigenvalue weighted by Crippen LogP contribution is 2.45. The first-order valence-electron chi connectivity index (χ1n) is 19.7. The number of nitrogens with zero attached hydrogens (tertiary/aromatic N) is 2. The third-order valence-corrected chi connectivity index (χ3v) is 12.7. The van der Waals surface area contributed by atoms with Crippen molar-refractivity contribution in [2.75, 3.05) is 0 Å². The van der Waals surface area contributed by atoms with Gasteiger partial charge in [-0.15, -0.1) is 11.3 Å². The second-order valence-corrected chi connectivity index (χ2v) is 16.0. The number of hydrogen-bond acceptors (Lipinski definition) is 4. The summed E-state index contributed by atoms with van der Waals surface area (Å²) in [5.41, 5.74) is 17.3. The zero-order chi connectivity index (χ0) is 38.7. The third-order valence-electron chi connectivity index (χ3n) is 11.5. The van der Waals surface area contributed by atoms with Crippen molar-refractivity contribution >= 4 is 81.1 Å². The van der Waals surface area contributed by atoms with E-state index in [0.717, 1.165) is 38.8 Å². The van der Waals surface area contributed by atoms with Crippen LogP contribution in [0, 0.1) is 0 Å². The molecule has 0 saturated heterocycles.